The molecule has 0 radical (unpaired) electrons. The molecule has 0 saturated carbocycles. The van der Waals surface area contributed by atoms with Gasteiger partial charge < -0.3 is 5.32 Å². The summed E-state index contributed by atoms with van der Waals surface area (Å²) in [4.78, 5) is 9.04. The van der Waals surface area contributed by atoms with Crippen LogP contribution in [0.2, 0.25) is 0 Å². The highest BCUT2D eigenvalue weighted by Gasteiger charge is 2.07. The maximum Gasteiger partial charge on any atom is 0.115 e. The maximum absolute atomic E-state index is 9.29. The summed E-state index contributed by atoms with van der Waals surface area (Å²) in [7, 11) is 0. The molecule has 19 heavy (non-hydrogen) atoms. The predicted molar refractivity (Wildman–Crippen MR) is 76.9 cm³/mol. The number of nitriles is 1. The molecule has 0 unspecified atom stereocenters. The van der Waals surface area contributed by atoms with Crippen LogP contribution in [-0.2, 0) is 6.54 Å². The Morgan fingerprint density at radius 2 is 2.26 bits per heavy atom. The predicted octanol–water partition coefficient (Wildman–Crippen LogP) is 3.07. The third-order valence-electron chi connectivity index (χ3n) is 2.54. The zero-order chi connectivity index (χ0) is 13.5. The van der Waals surface area contributed by atoms with Crippen LogP contribution >= 0.6 is 11.8 Å². The van der Waals surface area contributed by atoms with Crippen molar-refractivity contribution in [1.82, 2.24) is 9.97 Å². The van der Waals surface area contributed by atoms with Gasteiger partial charge in [0.25, 0.3) is 0 Å². The summed E-state index contributed by atoms with van der Waals surface area (Å²) in [5.74, 6) is 0.948. The zero-order valence-electron chi connectivity index (χ0n) is 10.6. The van der Waals surface area contributed by atoms with E-state index in [4.69, 9.17) is 0 Å². The van der Waals surface area contributed by atoms with Crippen molar-refractivity contribution in [2.45, 2.75) is 18.4 Å². The van der Waals surface area contributed by atoms with Crippen LogP contribution in [-0.4, -0.2) is 15.7 Å². The lowest BCUT2D eigenvalue weighted by Gasteiger charge is -2.10. The first-order valence-electron chi connectivity index (χ1n) is 5.99. The molecule has 0 atom stereocenters. The number of hydrogen-bond donors (Lipinski definition) is 1. The number of benzene rings is 1. The molecule has 96 valence electrons. The molecule has 2 aromatic rings. The molecule has 0 amide bonds. The van der Waals surface area contributed by atoms with Gasteiger partial charge in [-0.15, -0.1) is 11.8 Å². The molecule has 2 rings (SSSR count). The second-order valence-corrected chi connectivity index (χ2v) is 5.08. The fourth-order valence-electron chi connectivity index (χ4n) is 1.68. The van der Waals surface area contributed by atoms with Gasteiger partial charge in [-0.1, -0.05) is 13.0 Å². The van der Waals surface area contributed by atoms with E-state index in [1.54, 1.807) is 18.0 Å². The van der Waals surface area contributed by atoms with E-state index in [2.05, 4.69) is 28.3 Å². The Bertz CT molecular complexity index is 578. The largest absolute Gasteiger partial charge is 0.378 e. The van der Waals surface area contributed by atoms with Crippen molar-refractivity contribution in [3.63, 3.8) is 0 Å². The third kappa shape index (κ3) is 3.46. The van der Waals surface area contributed by atoms with Crippen molar-refractivity contribution in [1.29, 1.82) is 5.26 Å². The van der Waals surface area contributed by atoms with Gasteiger partial charge in [0.2, 0.25) is 0 Å². The Morgan fingerprint density at radius 1 is 1.37 bits per heavy atom. The first kappa shape index (κ1) is 13.4. The van der Waals surface area contributed by atoms with Gasteiger partial charge in [-0.25, -0.2) is 9.97 Å². The molecular weight excluding hydrogens is 256 g/mol. The summed E-state index contributed by atoms with van der Waals surface area (Å²) in [5, 5.41) is 12.5. The number of aromatic nitrogens is 2. The minimum atomic E-state index is 0.581. The Kier molecular flexibility index (Phi) is 4.76. The van der Waals surface area contributed by atoms with Crippen LogP contribution in [0.5, 0.6) is 0 Å². The number of nitrogens with zero attached hydrogens (tertiary/aromatic N) is 3. The van der Waals surface area contributed by atoms with Gasteiger partial charge in [0, 0.05) is 11.1 Å². The van der Waals surface area contributed by atoms with Crippen molar-refractivity contribution >= 4 is 17.4 Å². The lowest BCUT2D eigenvalue weighted by Crippen LogP contribution is -2.03. The van der Waals surface area contributed by atoms with Crippen molar-refractivity contribution in [2.75, 3.05) is 11.1 Å². The molecule has 4 nitrogen and oxygen atoms in total. The molecule has 0 bridgehead atoms. The molecule has 0 fully saturated rings. The molecule has 0 spiro atoms. The van der Waals surface area contributed by atoms with Gasteiger partial charge in [0.1, 0.15) is 12.4 Å². The number of nitrogens with one attached hydrogen (secondary N) is 1. The Hall–Kier alpha value is -2.06. The number of rotatable bonds is 5. The smallest absolute Gasteiger partial charge is 0.115 e. The summed E-state index contributed by atoms with van der Waals surface area (Å²) < 4.78 is 0. The highest BCUT2D eigenvalue weighted by molar-refractivity contribution is 7.99. The zero-order valence-corrected chi connectivity index (χ0v) is 11.4. The van der Waals surface area contributed by atoms with E-state index in [0.717, 1.165) is 22.0 Å². The number of anilines is 1. The summed E-state index contributed by atoms with van der Waals surface area (Å²) in [6.07, 6.45) is 3.23. The first-order valence-corrected chi connectivity index (χ1v) is 6.98. The first-order chi connectivity index (χ1) is 9.35. The molecule has 0 aliphatic rings. The average Bonchev–Trinajstić information content (AvgIpc) is 2.46. The normalized spacial score (nSPS) is 9.89. The summed E-state index contributed by atoms with van der Waals surface area (Å²) in [5.41, 5.74) is 2.44. The van der Waals surface area contributed by atoms with Crippen molar-refractivity contribution in [2.24, 2.45) is 0 Å². The summed E-state index contributed by atoms with van der Waals surface area (Å²) in [6, 6.07) is 9.97. The fourth-order valence-corrected chi connectivity index (χ4v) is 2.46. The van der Waals surface area contributed by atoms with Crippen molar-refractivity contribution in [3.8, 4) is 6.07 Å². The lowest BCUT2D eigenvalue weighted by molar-refractivity contribution is 1.00. The molecule has 1 N–H and O–H groups in total. The van der Waals surface area contributed by atoms with Crippen LogP contribution < -0.4 is 5.32 Å². The molecular formula is C14H14N4S. The highest BCUT2D eigenvalue weighted by atomic mass is 32.2. The van der Waals surface area contributed by atoms with E-state index in [9.17, 15) is 5.26 Å². The maximum atomic E-state index is 9.29. The van der Waals surface area contributed by atoms with Gasteiger partial charge >= 0.3 is 0 Å². The van der Waals surface area contributed by atoms with E-state index in [1.165, 1.54) is 6.33 Å². The Labute approximate surface area is 116 Å². The molecule has 0 aliphatic carbocycles. The third-order valence-corrected chi connectivity index (χ3v) is 3.48. The van der Waals surface area contributed by atoms with Gasteiger partial charge in [0.15, 0.2) is 0 Å². The van der Waals surface area contributed by atoms with E-state index >= 15 is 0 Å². The molecule has 1 aromatic heterocycles. The van der Waals surface area contributed by atoms with E-state index in [0.29, 0.717) is 12.1 Å². The van der Waals surface area contributed by atoms with Gasteiger partial charge in [-0.3, -0.25) is 0 Å². The molecule has 0 saturated heterocycles. The lowest BCUT2D eigenvalue weighted by atomic mass is 10.2. The number of thioether (sulfide) groups is 1. The van der Waals surface area contributed by atoms with E-state index < -0.39 is 0 Å². The average molecular weight is 270 g/mol. The minimum Gasteiger partial charge on any atom is -0.378 e. The minimum absolute atomic E-state index is 0.581. The van der Waals surface area contributed by atoms with E-state index in [-0.39, 0.29) is 0 Å². The second-order valence-electron chi connectivity index (χ2n) is 3.78. The monoisotopic (exact) mass is 270 g/mol. The van der Waals surface area contributed by atoms with Crippen LogP contribution in [0.1, 0.15) is 18.2 Å². The summed E-state index contributed by atoms with van der Waals surface area (Å²) >= 11 is 1.67. The van der Waals surface area contributed by atoms with Crippen LogP contribution in [0.15, 0.2) is 41.7 Å². The molecule has 1 aromatic carbocycles. The highest BCUT2D eigenvalue weighted by Crippen LogP contribution is 2.27. The molecule has 1 heterocycles. The summed E-state index contributed by atoms with van der Waals surface area (Å²) in [6.45, 7) is 2.66. The van der Waals surface area contributed by atoms with Gasteiger partial charge in [-0.05, 0) is 24.0 Å². The van der Waals surface area contributed by atoms with Crippen LogP contribution in [0.4, 0.5) is 5.69 Å². The topological polar surface area (TPSA) is 61.6 Å². The van der Waals surface area contributed by atoms with Gasteiger partial charge in [0.05, 0.1) is 23.5 Å². The number of hydrogen-bond acceptors (Lipinski definition) is 5. The second kappa shape index (κ2) is 6.76. The van der Waals surface area contributed by atoms with E-state index in [1.807, 2.05) is 24.3 Å². The molecule has 0 aliphatic heterocycles. The molecule has 5 heteroatoms. The van der Waals surface area contributed by atoms with Crippen molar-refractivity contribution in [3.05, 3.63) is 48.0 Å². The Morgan fingerprint density at radius 3 is 2.95 bits per heavy atom. The van der Waals surface area contributed by atoms with Crippen LogP contribution in [0.25, 0.3) is 0 Å². The van der Waals surface area contributed by atoms with Crippen LogP contribution in [0, 0.1) is 11.3 Å². The quantitative estimate of drug-likeness (QED) is 0.846. The fraction of sp³-hybridized carbons (Fsp3) is 0.214. The van der Waals surface area contributed by atoms with Crippen LogP contribution in [0.3, 0.4) is 0 Å². The standard InChI is InChI=1S/C14H14N4S/c1-2-19-14-5-3-4-13(12(14)8-15)17-9-11-6-7-16-10-18-11/h3-7,10,17H,2,9H2,1H3. The Balaban J connectivity index is 2.16. The van der Waals surface area contributed by atoms with Gasteiger partial charge in [-0.2, -0.15) is 5.26 Å². The SMILES string of the molecule is CCSc1cccc(NCc2ccncn2)c1C#N. The van der Waals surface area contributed by atoms with Crippen molar-refractivity contribution < 1.29 is 0 Å².